The van der Waals surface area contributed by atoms with Gasteiger partial charge in [0, 0.05) is 20.1 Å². The first kappa shape index (κ1) is 16.4. The van der Waals surface area contributed by atoms with Gasteiger partial charge in [-0.3, -0.25) is 16.0 Å². The van der Waals surface area contributed by atoms with Gasteiger partial charge in [-0.05, 0) is 20.3 Å². The van der Waals surface area contributed by atoms with E-state index >= 15 is 0 Å². The fourth-order valence-corrected chi connectivity index (χ4v) is 2.54. The van der Waals surface area contributed by atoms with Crippen molar-refractivity contribution >= 4 is 11.6 Å². The van der Waals surface area contributed by atoms with Gasteiger partial charge in [0.2, 0.25) is 0 Å². The topological polar surface area (TPSA) is 65.1 Å². The van der Waals surface area contributed by atoms with Crippen molar-refractivity contribution in [3.05, 3.63) is 16.4 Å². The van der Waals surface area contributed by atoms with Crippen molar-refractivity contribution in [1.29, 1.82) is 0 Å². The van der Waals surface area contributed by atoms with E-state index in [0.29, 0.717) is 13.0 Å². The second-order valence-corrected chi connectivity index (χ2v) is 5.11. The molecule has 5 nitrogen and oxygen atoms in total. The molecule has 19 heavy (non-hydrogen) atoms. The molecule has 1 rings (SSSR count). The maximum atomic E-state index is 6.28. The summed E-state index contributed by atoms with van der Waals surface area (Å²) in [4.78, 5) is 0. The van der Waals surface area contributed by atoms with Gasteiger partial charge in [0.15, 0.2) is 0 Å². The highest BCUT2D eigenvalue weighted by Crippen LogP contribution is 2.22. The fourth-order valence-electron chi connectivity index (χ4n) is 2.31. The molecule has 0 aliphatic rings. The number of aromatic nitrogens is 2. The van der Waals surface area contributed by atoms with Crippen LogP contribution in [-0.4, -0.2) is 28.5 Å². The second kappa shape index (κ2) is 7.85. The van der Waals surface area contributed by atoms with Crippen LogP contribution in [0.25, 0.3) is 0 Å². The molecular formula is C13H25ClN4O. The summed E-state index contributed by atoms with van der Waals surface area (Å²) in [6, 6.07) is 0.0344. The molecule has 2 atom stereocenters. The highest BCUT2D eigenvalue weighted by molar-refractivity contribution is 6.31. The Kier molecular flexibility index (Phi) is 6.79. The number of rotatable bonds is 8. The quantitative estimate of drug-likeness (QED) is 0.567. The van der Waals surface area contributed by atoms with E-state index < -0.39 is 0 Å². The highest BCUT2D eigenvalue weighted by atomic mass is 35.5. The first-order valence-electron chi connectivity index (χ1n) is 6.80. The Balaban J connectivity index is 2.84. The van der Waals surface area contributed by atoms with Gasteiger partial charge in [0.25, 0.3) is 0 Å². The first-order valence-corrected chi connectivity index (χ1v) is 7.18. The maximum Gasteiger partial charge on any atom is 0.0847 e. The van der Waals surface area contributed by atoms with E-state index in [9.17, 15) is 0 Å². The minimum Gasteiger partial charge on any atom is -0.377 e. The van der Waals surface area contributed by atoms with Crippen LogP contribution in [0.15, 0.2) is 0 Å². The molecule has 0 saturated heterocycles. The molecule has 0 amide bonds. The van der Waals surface area contributed by atoms with Crippen LogP contribution >= 0.6 is 11.6 Å². The molecule has 0 radical (unpaired) electrons. The van der Waals surface area contributed by atoms with Crippen molar-refractivity contribution in [3.8, 4) is 0 Å². The Labute approximate surface area is 120 Å². The predicted octanol–water partition coefficient (Wildman–Crippen LogP) is 1.96. The van der Waals surface area contributed by atoms with Crippen LogP contribution in [0.3, 0.4) is 0 Å². The van der Waals surface area contributed by atoms with Crippen LogP contribution in [0.5, 0.6) is 0 Å². The van der Waals surface area contributed by atoms with Crippen LogP contribution in [0.2, 0.25) is 5.02 Å². The van der Waals surface area contributed by atoms with Crippen molar-refractivity contribution in [1.82, 2.24) is 15.2 Å². The summed E-state index contributed by atoms with van der Waals surface area (Å²) in [5.41, 5.74) is 4.69. The molecule has 1 heterocycles. The lowest BCUT2D eigenvalue weighted by atomic mass is 10.0. The third-order valence-corrected chi connectivity index (χ3v) is 3.78. The molecule has 0 spiro atoms. The predicted molar refractivity (Wildman–Crippen MR) is 78.1 cm³/mol. The van der Waals surface area contributed by atoms with E-state index in [-0.39, 0.29) is 12.1 Å². The van der Waals surface area contributed by atoms with E-state index in [0.717, 1.165) is 29.3 Å². The highest BCUT2D eigenvalue weighted by Gasteiger charge is 2.23. The summed E-state index contributed by atoms with van der Waals surface area (Å²) in [6.45, 7) is 6.72. The molecule has 0 bridgehead atoms. The largest absolute Gasteiger partial charge is 0.377 e. The smallest absolute Gasteiger partial charge is 0.0847 e. The van der Waals surface area contributed by atoms with E-state index in [1.54, 1.807) is 0 Å². The van der Waals surface area contributed by atoms with Gasteiger partial charge in [-0.25, -0.2) is 0 Å². The lowest BCUT2D eigenvalue weighted by Gasteiger charge is -2.26. The normalized spacial score (nSPS) is 14.6. The number of ether oxygens (including phenoxy) is 1. The third-order valence-electron chi connectivity index (χ3n) is 3.29. The van der Waals surface area contributed by atoms with Crippen molar-refractivity contribution in [3.63, 3.8) is 0 Å². The van der Waals surface area contributed by atoms with Crippen LogP contribution in [0, 0.1) is 6.92 Å². The molecule has 0 fully saturated rings. The fraction of sp³-hybridized carbons (Fsp3) is 0.769. The van der Waals surface area contributed by atoms with Gasteiger partial charge < -0.3 is 4.74 Å². The van der Waals surface area contributed by atoms with Gasteiger partial charge in [-0.2, -0.15) is 5.10 Å². The van der Waals surface area contributed by atoms with Crippen molar-refractivity contribution in [2.45, 2.75) is 52.2 Å². The molecule has 3 N–H and O–H groups in total. The molecule has 1 aromatic heterocycles. The standard InChI is InChI=1S/C13H25ClN4O/c1-5-7-12(19-6-2)10(16-15)8-11-13(14)9(3)17-18(11)4/h10,12,16H,5-8,15H2,1-4H3. The molecule has 2 unspecified atom stereocenters. The number of nitrogens with two attached hydrogens (primary N) is 1. The van der Waals surface area contributed by atoms with E-state index in [4.69, 9.17) is 22.2 Å². The van der Waals surface area contributed by atoms with Crippen molar-refractivity contribution < 1.29 is 4.74 Å². The molecule has 0 aliphatic carbocycles. The number of nitrogens with one attached hydrogen (secondary N) is 1. The molecule has 0 aromatic carbocycles. The number of hydrogen-bond donors (Lipinski definition) is 2. The Morgan fingerprint density at radius 3 is 2.58 bits per heavy atom. The lowest BCUT2D eigenvalue weighted by molar-refractivity contribution is 0.0277. The van der Waals surface area contributed by atoms with Gasteiger partial charge in [0.1, 0.15) is 0 Å². The summed E-state index contributed by atoms with van der Waals surface area (Å²) in [6.07, 6.45) is 2.82. The van der Waals surface area contributed by atoms with Gasteiger partial charge in [-0.15, -0.1) is 0 Å². The zero-order valence-corrected chi connectivity index (χ0v) is 13.0. The van der Waals surface area contributed by atoms with Crippen LogP contribution in [0.4, 0.5) is 0 Å². The average molecular weight is 289 g/mol. The zero-order valence-electron chi connectivity index (χ0n) is 12.2. The number of halogens is 1. The summed E-state index contributed by atoms with van der Waals surface area (Å²) >= 11 is 6.28. The number of aryl methyl sites for hydroxylation is 2. The summed E-state index contributed by atoms with van der Waals surface area (Å²) in [5.74, 6) is 5.69. The van der Waals surface area contributed by atoms with E-state index in [1.165, 1.54) is 0 Å². The molecule has 0 saturated carbocycles. The summed E-state index contributed by atoms with van der Waals surface area (Å²) < 4.78 is 7.60. The van der Waals surface area contributed by atoms with Crippen molar-refractivity contribution in [2.75, 3.05) is 6.61 Å². The second-order valence-electron chi connectivity index (χ2n) is 4.73. The molecule has 0 aliphatic heterocycles. The molecule has 110 valence electrons. The average Bonchev–Trinajstić information content (AvgIpc) is 2.61. The molecule has 6 heteroatoms. The lowest BCUT2D eigenvalue weighted by Crippen LogP contribution is -2.47. The van der Waals surface area contributed by atoms with Gasteiger partial charge >= 0.3 is 0 Å². The Morgan fingerprint density at radius 2 is 2.16 bits per heavy atom. The number of nitrogens with zero attached hydrogens (tertiary/aromatic N) is 2. The summed E-state index contributed by atoms with van der Waals surface area (Å²) in [5, 5.41) is 5.04. The Morgan fingerprint density at radius 1 is 1.47 bits per heavy atom. The Bertz CT molecular complexity index is 388. The van der Waals surface area contributed by atoms with Crippen LogP contribution in [0.1, 0.15) is 38.1 Å². The monoisotopic (exact) mass is 288 g/mol. The third kappa shape index (κ3) is 4.18. The van der Waals surface area contributed by atoms with Crippen LogP contribution < -0.4 is 11.3 Å². The first-order chi connectivity index (χ1) is 9.04. The number of hydrogen-bond acceptors (Lipinski definition) is 4. The minimum atomic E-state index is 0.0344. The maximum absolute atomic E-state index is 6.28. The number of hydrazine groups is 1. The van der Waals surface area contributed by atoms with Gasteiger partial charge in [0.05, 0.1) is 28.6 Å². The van der Waals surface area contributed by atoms with Crippen LogP contribution in [-0.2, 0) is 18.2 Å². The minimum absolute atomic E-state index is 0.0344. The SMILES string of the molecule is CCCC(OCC)C(Cc1c(Cl)c(C)nn1C)NN. The van der Waals surface area contributed by atoms with Crippen molar-refractivity contribution in [2.24, 2.45) is 12.9 Å². The van der Waals surface area contributed by atoms with E-state index in [1.807, 2.05) is 25.6 Å². The zero-order chi connectivity index (χ0) is 14.4. The molecular weight excluding hydrogens is 264 g/mol. The Hall–Kier alpha value is -0.620. The molecule has 1 aromatic rings. The van der Waals surface area contributed by atoms with Gasteiger partial charge in [-0.1, -0.05) is 24.9 Å². The summed E-state index contributed by atoms with van der Waals surface area (Å²) in [7, 11) is 1.90. The van der Waals surface area contributed by atoms with E-state index in [2.05, 4.69) is 17.4 Å².